The lowest BCUT2D eigenvalue weighted by Crippen LogP contribution is -2.36. The third kappa shape index (κ3) is 3.04. The van der Waals surface area contributed by atoms with Crippen LogP contribution in [0.3, 0.4) is 0 Å². The summed E-state index contributed by atoms with van der Waals surface area (Å²) in [6.45, 7) is 1.94. The predicted octanol–water partition coefficient (Wildman–Crippen LogP) is 3.44. The van der Waals surface area contributed by atoms with Crippen molar-refractivity contribution in [1.82, 2.24) is 4.90 Å². The number of alkyl halides is 1. The third-order valence-electron chi connectivity index (χ3n) is 2.37. The highest BCUT2D eigenvalue weighted by Gasteiger charge is 2.17. The van der Waals surface area contributed by atoms with E-state index >= 15 is 0 Å². The number of hydrogen-bond acceptors (Lipinski definition) is 1. The van der Waals surface area contributed by atoms with E-state index in [1.165, 1.54) is 18.2 Å². The first-order valence-electron chi connectivity index (χ1n) is 4.75. The predicted molar refractivity (Wildman–Crippen MR) is 69.4 cm³/mol. The van der Waals surface area contributed by atoms with E-state index in [1.807, 2.05) is 6.92 Å². The largest absolute Gasteiger partial charge is 0.338 e. The highest BCUT2D eigenvalue weighted by molar-refractivity contribution is 9.10. The summed E-state index contributed by atoms with van der Waals surface area (Å²) in [5.41, 5.74) is 0.476. The summed E-state index contributed by atoms with van der Waals surface area (Å²) in [5, 5.41) is 0.706. The molecule has 88 valence electrons. The molecule has 0 bridgehead atoms. The molecule has 1 aromatic rings. The van der Waals surface area contributed by atoms with Crippen molar-refractivity contribution in [1.29, 1.82) is 0 Å². The Morgan fingerprint density at radius 1 is 1.56 bits per heavy atom. The van der Waals surface area contributed by atoms with Crippen LogP contribution >= 0.6 is 31.9 Å². The number of halogens is 3. The number of amides is 1. The first-order valence-corrected chi connectivity index (χ1v) is 6.67. The molecule has 1 rings (SSSR count). The molecule has 0 fully saturated rings. The second-order valence-corrected chi connectivity index (χ2v) is 5.05. The van der Waals surface area contributed by atoms with Gasteiger partial charge in [-0.05, 0) is 41.1 Å². The average Bonchev–Trinajstić information content (AvgIpc) is 2.29. The Morgan fingerprint density at radius 2 is 2.19 bits per heavy atom. The molecule has 0 radical (unpaired) electrons. The summed E-state index contributed by atoms with van der Waals surface area (Å²) in [5.74, 6) is -0.486. The maximum absolute atomic E-state index is 13.0. The summed E-state index contributed by atoms with van der Waals surface area (Å²) in [6, 6.07) is 4.36. The van der Waals surface area contributed by atoms with Gasteiger partial charge in [-0.15, -0.1) is 0 Å². The lowest BCUT2D eigenvalue weighted by Gasteiger charge is -2.23. The van der Waals surface area contributed by atoms with Crippen LogP contribution in [0.5, 0.6) is 0 Å². The van der Waals surface area contributed by atoms with Gasteiger partial charge in [0.2, 0.25) is 0 Å². The minimum absolute atomic E-state index is 0.0938. The van der Waals surface area contributed by atoms with Crippen molar-refractivity contribution in [2.24, 2.45) is 0 Å². The van der Waals surface area contributed by atoms with Crippen LogP contribution in [-0.4, -0.2) is 29.2 Å². The van der Waals surface area contributed by atoms with E-state index in [2.05, 4.69) is 31.9 Å². The summed E-state index contributed by atoms with van der Waals surface area (Å²) in [7, 11) is 1.73. The fourth-order valence-corrected chi connectivity index (χ4v) is 1.95. The summed E-state index contributed by atoms with van der Waals surface area (Å²) in [4.78, 5) is 13.6. The molecule has 0 saturated carbocycles. The molecule has 0 spiro atoms. The van der Waals surface area contributed by atoms with Gasteiger partial charge in [-0.3, -0.25) is 4.79 Å². The van der Waals surface area contributed by atoms with Gasteiger partial charge in [-0.2, -0.15) is 0 Å². The average molecular weight is 353 g/mol. The van der Waals surface area contributed by atoms with Gasteiger partial charge in [-0.25, -0.2) is 4.39 Å². The molecular weight excluding hydrogens is 341 g/mol. The molecule has 16 heavy (non-hydrogen) atoms. The van der Waals surface area contributed by atoms with Crippen LogP contribution in [0.15, 0.2) is 22.7 Å². The Hall–Kier alpha value is -0.420. The number of carbonyl (C=O) groups is 1. The normalized spacial score (nSPS) is 12.3. The van der Waals surface area contributed by atoms with Crippen molar-refractivity contribution in [3.8, 4) is 0 Å². The molecule has 0 N–H and O–H groups in total. The fourth-order valence-electron chi connectivity index (χ4n) is 1.14. The smallest absolute Gasteiger partial charge is 0.253 e. The third-order valence-corrected chi connectivity index (χ3v) is 3.92. The first-order chi connectivity index (χ1) is 7.47. The van der Waals surface area contributed by atoms with Gasteiger partial charge in [0.05, 0.1) is 4.47 Å². The Morgan fingerprint density at radius 3 is 2.69 bits per heavy atom. The van der Waals surface area contributed by atoms with Crippen molar-refractivity contribution in [3.05, 3.63) is 34.1 Å². The molecule has 1 unspecified atom stereocenters. The van der Waals surface area contributed by atoms with Crippen LogP contribution in [0.2, 0.25) is 0 Å². The second-order valence-electron chi connectivity index (χ2n) is 3.55. The van der Waals surface area contributed by atoms with Crippen LogP contribution in [0.1, 0.15) is 17.3 Å². The highest BCUT2D eigenvalue weighted by atomic mass is 79.9. The van der Waals surface area contributed by atoms with Gasteiger partial charge in [0.1, 0.15) is 5.82 Å². The van der Waals surface area contributed by atoms with Crippen molar-refractivity contribution in [3.63, 3.8) is 0 Å². The number of carbonyl (C=O) groups excluding carboxylic acids is 1. The minimum Gasteiger partial charge on any atom is -0.338 e. The number of benzene rings is 1. The van der Waals surface area contributed by atoms with Gasteiger partial charge >= 0.3 is 0 Å². The van der Waals surface area contributed by atoms with Crippen molar-refractivity contribution < 1.29 is 9.18 Å². The molecular formula is C11H12Br2FNO. The monoisotopic (exact) mass is 351 g/mol. The molecule has 0 saturated heterocycles. The molecule has 2 nitrogen and oxygen atoms in total. The fraction of sp³-hybridized carbons (Fsp3) is 0.364. The van der Waals surface area contributed by atoms with Gasteiger partial charge in [0.15, 0.2) is 0 Å². The topological polar surface area (TPSA) is 20.3 Å². The summed E-state index contributed by atoms with van der Waals surface area (Å²) >= 11 is 6.38. The van der Waals surface area contributed by atoms with E-state index in [4.69, 9.17) is 0 Å². The zero-order valence-corrected chi connectivity index (χ0v) is 12.2. The van der Waals surface area contributed by atoms with Crippen LogP contribution in [0.4, 0.5) is 4.39 Å². The van der Waals surface area contributed by atoms with E-state index in [1.54, 1.807) is 11.9 Å². The summed E-state index contributed by atoms with van der Waals surface area (Å²) in [6.07, 6.45) is 0. The SMILES string of the molecule is CC(CBr)N(C)C(=O)c1ccc(F)c(Br)c1. The maximum Gasteiger partial charge on any atom is 0.253 e. The van der Waals surface area contributed by atoms with Crippen molar-refractivity contribution in [2.75, 3.05) is 12.4 Å². The van der Waals surface area contributed by atoms with Crippen LogP contribution < -0.4 is 0 Å². The van der Waals surface area contributed by atoms with Crippen LogP contribution in [-0.2, 0) is 0 Å². The van der Waals surface area contributed by atoms with Crippen LogP contribution in [0.25, 0.3) is 0 Å². The Labute approximate surface area is 111 Å². The first kappa shape index (κ1) is 13.6. The van der Waals surface area contributed by atoms with E-state index in [-0.39, 0.29) is 17.8 Å². The van der Waals surface area contributed by atoms with Gasteiger partial charge in [0.25, 0.3) is 5.91 Å². The molecule has 1 aromatic carbocycles. The van der Waals surface area contributed by atoms with Crippen LogP contribution in [0, 0.1) is 5.82 Å². The molecule has 1 amide bonds. The van der Waals surface area contributed by atoms with E-state index in [9.17, 15) is 9.18 Å². The van der Waals surface area contributed by atoms with E-state index < -0.39 is 0 Å². The maximum atomic E-state index is 13.0. The zero-order chi connectivity index (χ0) is 12.3. The molecule has 0 aliphatic carbocycles. The number of hydrogen-bond donors (Lipinski definition) is 0. The Bertz CT molecular complexity index is 398. The Kier molecular flexibility index (Phi) is 4.92. The molecule has 1 atom stereocenters. The molecule has 0 aliphatic heterocycles. The van der Waals surface area contributed by atoms with Gasteiger partial charge in [0, 0.05) is 24.0 Å². The molecule has 5 heteroatoms. The molecule has 0 heterocycles. The quantitative estimate of drug-likeness (QED) is 0.763. The van der Waals surface area contributed by atoms with E-state index in [0.717, 1.165) is 0 Å². The Balaban J connectivity index is 2.92. The van der Waals surface area contributed by atoms with Crippen molar-refractivity contribution >= 4 is 37.8 Å². The zero-order valence-electron chi connectivity index (χ0n) is 9.01. The lowest BCUT2D eigenvalue weighted by molar-refractivity contribution is 0.0758. The molecule has 0 aliphatic rings. The number of rotatable bonds is 3. The van der Waals surface area contributed by atoms with Gasteiger partial charge in [-0.1, -0.05) is 15.9 Å². The lowest BCUT2D eigenvalue weighted by atomic mass is 10.2. The minimum atomic E-state index is -0.368. The van der Waals surface area contributed by atoms with E-state index in [0.29, 0.717) is 15.4 Å². The highest BCUT2D eigenvalue weighted by Crippen LogP contribution is 2.18. The summed E-state index contributed by atoms with van der Waals surface area (Å²) < 4.78 is 13.3. The van der Waals surface area contributed by atoms with Gasteiger partial charge < -0.3 is 4.90 Å². The molecule has 0 aromatic heterocycles. The number of nitrogens with zero attached hydrogens (tertiary/aromatic N) is 1. The van der Waals surface area contributed by atoms with Crippen molar-refractivity contribution in [2.45, 2.75) is 13.0 Å². The second kappa shape index (κ2) is 5.77. The standard InChI is InChI=1S/C11H12Br2FNO/c1-7(6-12)15(2)11(16)8-3-4-10(14)9(13)5-8/h3-5,7H,6H2,1-2H3.